The summed E-state index contributed by atoms with van der Waals surface area (Å²) in [6.07, 6.45) is 3.29. The second kappa shape index (κ2) is 7.30. The number of fused-ring (bicyclic) bond motifs is 1. The van der Waals surface area contributed by atoms with Crippen LogP contribution >= 0.6 is 0 Å². The van der Waals surface area contributed by atoms with E-state index >= 15 is 0 Å². The largest absolute Gasteiger partial charge is 0.492 e. The van der Waals surface area contributed by atoms with Gasteiger partial charge in [-0.05, 0) is 35.9 Å². The molecular formula is C22H16N2O3. The minimum Gasteiger partial charge on any atom is -0.492 e. The van der Waals surface area contributed by atoms with Crippen molar-refractivity contribution in [2.75, 3.05) is 6.61 Å². The van der Waals surface area contributed by atoms with Crippen LogP contribution in [0.5, 0.6) is 11.5 Å². The molecule has 0 amide bonds. The first kappa shape index (κ1) is 16.8. The van der Waals surface area contributed by atoms with Crippen LogP contribution in [0.1, 0.15) is 39.6 Å². The third kappa shape index (κ3) is 3.38. The van der Waals surface area contributed by atoms with Crippen molar-refractivity contribution in [1.82, 2.24) is 4.98 Å². The number of hydrogen-bond donors (Lipinski definition) is 0. The summed E-state index contributed by atoms with van der Waals surface area (Å²) in [7, 11) is 0. The lowest BCUT2D eigenvalue weighted by molar-refractivity contribution is 0.0933. The number of nitrogens with zero attached hydrogens (tertiary/aromatic N) is 2. The molecule has 5 heteroatoms. The molecule has 0 spiro atoms. The van der Waals surface area contributed by atoms with Crippen molar-refractivity contribution >= 4 is 5.78 Å². The molecule has 0 saturated carbocycles. The van der Waals surface area contributed by atoms with Crippen molar-refractivity contribution in [1.29, 1.82) is 5.26 Å². The van der Waals surface area contributed by atoms with Gasteiger partial charge < -0.3 is 9.47 Å². The SMILES string of the molecule is N#Cc1ccccc1[C@@H](Oc1ccc2c(c1)OCCC2=O)c1ccncc1. The van der Waals surface area contributed by atoms with E-state index in [4.69, 9.17) is 9.47 Å². The summed E-state index contributed by atoms with van der Waals surface area (Å²) < 4.78 is 11.9. The summed E-state index contributed by atoms with van der Waals surface area (Å²) in [6.45, 7) is 0.375. The summed E-state index contributed by atoms with van der Waals surface area (Å²) in [6, 6.07) is 18.5. The van der Waals surface area contributed by atoms with Gasteiger partial charge in [0.05, 0.1) is 23.8 Å². The van der Waals surface area contributed by atoms with E-state index in [1.807, 2.05) is 30.3 Å². The van der Waals surface area contributed by atoms with Crippen LogP contribution in [0.25, 0.3) is 0 Å². The van der Waals surface area contributed by atoms with Crippen LogP contribution in [0, 0.1) is 11.3 Å². The van der Waals surface area contributed by atoms with Crippen molar-refractivity contribution in [3.63, 3.8) is 0 Å². The number of carbonyl (C=O) groups excluding carboxylic acids is 1. The Hall–Kier alpha value is -3.65. The maximum absolute atomic E-state index is 12.0. The summed E-state index contributed by atoms with van der Waals surface area (Å²) in [5.74, 6) is 1.17. The van der Waals surface area contributed by atoms with E-state index in [2.05, 4.69) is 11.1 Å². The molecule has 3 aromatic rings. The fourth-order valence-electron chi connectivity index (χ4n) is 3.13. The number of ether oxygens (including phenoxy) is 2. The van der Waals surface area contributed by atoms with Crippen molar-refractivity contribution in [3.05, 3.63) is 89.2 Å². The Morgan fingerprint density at radius 3 is 2.74 bits per heavy atom. The van der Waals surface area contributed by atoms with Gasteiger partial charge in [-0.25, -0.2) is 0 Å². The van der Waals surface area contributed by atoms with Gasteiger partial charge in [0.2, 0.25) is 0 Å². The van der Waals surface area contributed by atoms with E-state index in [1.165, 1.54) is 0 Å². The first-order valence-electron chi connectivity index (χ1n) is 8.62. The minimum atomic E-state index is -0.485. The van der Waals surface area contributed by atoms with E-state index in [-0.39, 0.29) is 5.78 Å². The van der Waals surface area contributed by atoms with Crippen molar-refractivity contribution in [2.45, 2.75) is 12.5 Å². The first-order valence-corrected chi connectivity index (χ1v) is 8.62. The number of aromatic nitrogens is 1. The molecular weight excluding hydrogens is 340 g/mol. The number of hydrogen-bond acceptors (Lipinski definition) is 5. The van der Waals surface area contributed by atoms with Crippen LogP contribution in [0.4, 0.5) is 0 Å². The molecule has 0 bridgehead atoms. The van der Waals surface area contributed by atoms with Gasteiger partial charge in [0, 0.05) is 30.4 Å². The maximum Gasteiger partial charge on any atom is 0.169 e. The highest BCUT2D eigenvalue weighted by Gasteiger charge is 2.22. The Labute approximate surface area is 156 Å². The fraction of sp³-hybridized carbons (Fsp3) is 0.136. The summed E-state index contributed by atoms with van der Waals surface area (Å²) in [4.78, 5) is 16.0. The van der Waals surface area contributed by atoms with Crippen LogP contribution < -0.4 is 9.47 Å². The molecule has 1 aromatic heterocycles. The molecule has 0 fully saturated rings. The molecule has 0 N–H and O–H groups in total. The average Bonchev–Trinajstić information content (AvgIpc) is 2.73. The van der Waals surface area contributed by atoms with E-state index in [9.17, 15) is 10.1 Å². The number of nitriles is 1. The van der Waals surface area contributed by atoms with Gasteiger partial charge in [-0.15, -0.1) is 0 Å². The predicted molar refractivity (Wildman–Crippen MR) is 98.7 cm³/mol. The number of ketones is 1. The molecule has 1 aliphatic heterocycles. The highest BCUT2D eigenvalue weighted by Crippen LogP contribution is 2.34. The standard InChI is InChI=1S/C22H16N2O3/c23-14-16-3-1-2-4-18(16)22(15-7-10-24-11-8-15)27-17-5-6-19-20(25)9-12-26-21(19)13-17/h1-8,10-11,13,22H,9,12H2/t22-/m0/s1. The highest BCUT2D eigenvalue weighted by molar-refractivity contribution is 5.99. The normalized spacial score (nSPS) is 13.8. The molecule has 5 nitrogen and oxygen atoms in total. The second-order valence-electron chi connectivity index (χ2n) is 6.16. The average molecular weight is 356 g/mol. The Bertz CT molecular complexity index is 1030. The zero-order valence-corrected chi connectivity index (χ0v) is 14.5. The Kier molecular flexibility index (Phi) is 4.54. The lowest BCUT2D eigenvalue weighted by Gasteiger charge is -2.22. The quantitative estimate of drug-likeness (QED) is 0.704. The van der Waals surface area contributed by atoms with Crippen molar-refractivity contribution in [2.24, 2.45) is 0 Å². The van der Waals surface area contributed by atoms with E-state index < -0.39 is 6.10 Å². The molecule has 27 heavy (non-hydrogen) atoms. The topological polar surface area (TPSA) is 72.2 Å². The lowest BCUT2D eigenvalue weighted by Crippen LogP contribution is -2.16. The summed E-state index contributed by atoms with van der Waals surface area (Å²) in [5.41, 5.74) is 2.76. The smallest absolute Gasteiger partial charge is 0.169 e. The third-order valence-corrected chi connectivity index (χ3v) is 4.47. The number of Topliss-reactive ketones (excluding diaryl/α,β-unsaturated/α-hetero) is 1. The number of carbonyl (C=O) groups is 1. The fourth-order valence-corrected chi connectivity index (χ4v) is 3.13. The van der Waals surface area contributed by atoms with Gasteiger partial charge in [-0.1, -0.05) is 18.2 Å². The number of rotatable bonds is 4. The third-order valence-electron chi connectivity index (χ3n) is 4.47. The Morgan fingerprint density at radius 1 is 1.11 bits per heavy atom. The van der Waals surface area contributed by atoms with Gasteiger partial charge in [-0.3, -0.25) is 9.78 Å². The lowest BCUT2D eigenvalue weighted by atomic mass is 9.97. The predicted octanol–water partition coefficient (Wildman–Crippen LogP) is 4.09. The zero-order chi connectivity index (χ0) is 18.6. The van der Waals surface area contributed by atoms with Gasteiger partial charge in [0.1, 0.15) is 11.5 Å². The molecule has 0 saturated heterocycles. The van der Waals surface area contributed by atoms with Gasteiger partial charge in [-0.2, -0.15) is 5.26 Å². The van der Waals surface area contributed by atoms with Crippen LogP contribution in [-0.4, -0.2) is 17.4 Å². The van der Waals surface area contributed by atoms with E-state index in [0.29, 0.717) is 35.7 Å². The molecule has 1 atom stereocenters. The number of pyridine rings is 1. The van der Waals surface area contributed by atoms with Crippen LogP contribution in [0.15, 0.2) is 67.0 Å². The highest BCUT2D eigenvalue weighted by atomic mass is 16.5. The van der Waals surface area contributed by atoms with Gasteiger partial charge in [0.15, 0.2) is 11.9 Å². The second-order valence-corrected chi connectivity index (χ2v) is 6.16. The van der Waals surface area contributed by atoms with Gasteiger partial charge >= 0.3 is 0 Å². The molecule has 0 unspecified atom stereocenters. The minimum absolute atomic E-state index is 0.0725. The van der Waals surface area contributed by atoms with Gasteiger partial charge in [0.25, 0.3) is 0 Å². The van der Waals surface area contributed by atoms with E-state index in [1.54, 1.807) is 36.7 Å². The maximum atomic E-state index is 12.0. The van der Waals surface area contributed by atoms with Crippen molar-refractivity contribution in [3.8, 4) is 17.6 Å². The molecule has 1 aliphatic rings. The van der Waals surface area contributed by atoms with Crippen LogP contribution in [-0.2, 0) is 0 Å². The molecule has 0 aliphatic carbocycles. The Morgan fingerprint density at radius 2 is 1.93 bits per heavy atom. The van der Waals surface area contributed by atoms with Crippen LogP contribution in [0.3, 0.4) is 0 Å². The number of benzene rings is 2. The zero-order valence-electron chi connectivity index (χ0n) is 14.5. The molecule has 0 radical (unpaired) electrons. The molecule has 132 valence electrons. The first-order chi connectivity index (χ1) is 13.3. The van der Waals surface area contributed by atoms with Crippen molar-refractivity contribution < 1.29 is 14.3 Å². The molecule has 4 rings (SSSR count). The Balaban J connectivity index is 1.75. The molecule has 2 aromatic carbocycles. The summed E-state index contributed by atoms with van der Waals surface area (Å²) >= 11 is 0. The summed E-state index contributed by atoms with van der Waals surface area (Å²) in [5, 5.41) is 9.49. The molecule has 2 heterocycles. The van der Waals surface area contributed by atoms with E-state index in [0.717, 1.165) is 11.1 Å². The monoisotopic (exact) mass is 356 g/mol. The van der Waals surface area contributed by atoms with Crippen LogP contribution in [0.2, 0.25) is 0 Å².